The van der Waals surface area contributed by atoms with E-state index in [1.165, 1.54) is 14.2 Å². The molecule has 0 spiro atoms. The third-order valence-corrected chi connectivity index (χ3v) is 3.42. The summed E-state index contributed by atoms with van der Waals surface area (Å²) >= 11 is 6.13. The Morgan fingerprint density at radius 2 is 1.82 bits per heavy atom. The first-order valence-electron chi connectivity index (χ1n) is 6.73. The summed E-state index contributed by atoms with van der Waals surface area (Å²) in [6, 6.07) is 6.77. The Labute approximate surface area is 133 Å². The lowest BCUT2D eigenvalue weighted by Crippen LogP contribution is -2.07. The van der Waals surface area contributed by atoms with Gasteiger partial charge in [-0.2, -0.15) is 0 Å². The number of benzene rings is 1. The van der Waals surface area contributed by atoms with Crippen LogP contribution in [0.1, 0.15) is 17.5 Å². The number of methoxy groups -OCH3 is 2. The number of Topliss-reactive ketones (excluding diaryl/α,β-unsaturated/α-hetero) is 1. The maximum Gasteiger partial charge on any atom is 0.223 e. The molecule has 1 aromatic heterocycles. The molecule has 0 amide bonds. The molecule has 0 saturated carbocycles. The van der Waals surface area contributed by atoms with E-state index in [0.29, 0.717) is 34.5 Å². The van der Waals surface area contributed by atoms with E-state index in [0.717, 1.165) is 0 Å². The third-order valence-electron chi connectivity index (χ3n) is 3.05. The van der Waals surface area contributed by atoms with Crippen LogP contribution in [0, 0.1) is 0 Å². The Morgan fingerprint density at radius 3 is 2.36 bits per heavy atom. The van der Waals surface area contributed by atoms with Gasteiger partial charge in [-0.1, -0.05) is 11.6 Å². The molecule has 2 rings (SSSR count). The maximum atomic E-state index is 11.9. The van der Waals surface area contributed by atoms with Crippen LogP contribution in [0.3, 0.4) is 0 Å². The molecule has 0 unspecified atom stereocenters. The van der Waals surface area contributed by atoms with Crippen LogP contribution in [0.5, 0.6) is 11.5 Å². The average molecular weight is 325 g/mol. The molecule has 22 heavy (non-hydrogen) atoms. The van der Waals surface area contributed by atoms with Gasteiger partial charge in [0, 0.05) is 12.2 Å². The zero-order valence-electron chi connectivity index (χ0n) is 12.6. The van der Waals surface area contributed by atoms with Gasteiger partial charge in [-0.15, -0.1) is 0 Å². The summed E-state index contributed by atoms with van der Waals surface area (Å²) < 4.78 is 21.1. The molecule has 0 radical (unpaired) electrons. The van der Waals surface area contributed by atoms with E-state index in [1.54, 1.807) is 24.3 Å². The van der Waals surface area contributed by atoms with Crippen molar-refractivity contribution in [2.75, 3.05) is 27.4 Å². The lowest BCUT2D eigenvalue weighted by molar-refractivity contribution is 0.0757. The third kappa shape index (κ3) is 3.43. The summed E-state index contributed by atoms with van der Waals surface area (Å²) in [5.41, 5.74) is 0.702. The molecule has 0 bridgehead atoms. The van der Waals surface area contributed by atoms with Gasteiger partial charge in [-0.3, -0.25) is 4.79 Å². The molecule has 5 nitrogen and oxygen atoms in total. The van der Waals surface area contributed by atoms with Gasteiger partial charge in [-0.25, -0.2) is 0 Å². The van der Waals surface area contributed by atoms with Crippen LogP contribution in [0.15, 0.2) is 28.7 Å². The van der Waals surface area contributed by atoms with Crippen molar-refractivity contribution >= 4 is 17.4 Å². The van der Waals surface area contributed by atoms with E-state index < -0.39 is 0 Å². The highest BCUT2D eigenvalue weighted by Gasteiger charge is 2.16. The second kappa shape index (κ2) is 7.33. The normalized spacial score (nSPS) is 10.5. The Morgan fingerprint density at radius 1 is 1.18 bits per heavy atom. The van der Waals surface area contributed by atoms with Crippen molar-refractivity contribution in [3.05, 3.63) is 35.0 Å². The van der Waals surface area contributed by atoms with Gasteiger partial charge in [0.25, 0.3) is 0 Å². The SMILES string of the molecule is CCOCC(=O)c1ccc(-c2cc(OC)c(Cl)c(OC)c2)o1. The first-order chi connectivity index (χ1) is 10.6. The number of rotatable bonds is 7. The number of halogens is 1. The van der Waals surface area contributed by atoms with E-state index in [9.17, 15) is 4.79 Å². The molecule has 118 valence electrons. The van der Waals surface area contributed by atoms with E-state index >= 15 is 0 Å². The number of furan rings is 1. The number of hydrogen-bond donors (Lipinski definition) is 0. The van der Waals surface area contributed by atoms with Gasteiger partial charge in [0.05, 0.1) is 14.2 Å². The largest absolute Gasteiger partial charge is 0.495 e. The molecule has 6 heteroatoms. The van der Waals surface area contributed by atoms with Gasteiger partial charge >= 0.3 is 0 Å². The van der Waals surface area contributed by atoms with Gasteiger partial charge in [0.15, 0.2) is 5.76 Å². The highest BCUT2D eigenvalue weighted by molar-refractivity contribution is 6.33. The van der Waals surface area contributed by atoms with Crippen molar-refractivity contribution < 1.29 is 23.4 Å². The first-order valence-corrected chi connectivity index (χ1v) is 7.11. The molecular formula is C16H17ClO5. The quantitative estimate of drug-likeness (QED) is 0.724. The Hall–Kier alpha value is -1.98. The minimum atomic E-state index is -0.207. The van der Waals surface area contributed by atoms with E-state index in [-0.39, 0.29) is 18.2 Å². The molecule has 0 saturated heterocycles. The molecule has 1 aromatic carbocycles. The van der Waals surface area contributed by atoms with Gasteiger partial charge in [0.2, 0.25) is 5.78 Å². The number of carbonyl (C=O) groups is 1. The molecule has 0 aliphatic carbocycles. The smallest absolute Gasteiger partial charge is 0.223 e. The van der Waals surface area contributed by atoms with Crippen LogP contribution in [-0.4, -0.2) is 33.2 Å². The number of ketones is 1. The van der Waals surface area contributed by atoms with Crippen molar-refractivity contribution in [1.82, 2.24) is 0 Å². The zero-order chi connectivity index (χ0) is 16.1. The van der Waals surface area contributed by atoms with Gasteiger partial charge in [-0.05, 0) is 31.2 Å². The summed E-state index contributed by atoms with van der Waals surface area (Å²) in [7, 11) is 3.03. The minimum absolute atomic E-state index is 0.00326. The first kappa shape index (κ1) is 16.4. The van der Waals surface area contributed by atoms with E-state index in [2.05, 4.69) is 0 Å². The maximum absolute atomic E-state index is 11.9. The van der Waals surface area contributed by atoms with Gasteiger partial charge in [0.1, 0.15) is 28.9 Å². The van der Waals surface area contributed by atoms with Crippen molar-refractivity contribution in [2.45, 2.75) is 6.92 Å². The summed E-state index contributed by atoms with van der Waals surface area (Å²) in [6.45, 7) is 2.30. The number of hydrogen-bond acceptors (Lipinski definition) is 5. The summed E-state index contributed by atoms with van der Waals surface area (Å²) in [5, 5.41) is 0.382. The molecule has 2 aromatic rings. The van der Waals surface area contributed by atoms with Crippen molar-refractivity contribution in [1.29, 1.82) is 0 Å². The van der Waals surface area contributed by atoms with Crippen LogP contribution in [0.2, 0.25) is 5.02 Å². The average Bonchev–Trinajstić information content (AvgIpc) is 3.02. The van der Waals surface area contributed by atoms with Crippen molar-refractivity contribution in [2.24, 2.45) is 0 Å². The second-order valence-corrected chi connectivity index (χ2v) is 4.80. The predicted molar refractivity (Wildman–Crippen MR) is 83.1 cm³/mol. The number of ether oxygens (including phenoxy) is 3. The topological polar surface area (TPSA) is 57.9 Å². The zero-order valence-corrected chi connectivity index (χ0v) is 13.4. The van der Waals surface area contributed by atoms with Crippen LogP contribution in [0.25, 0.3) is 11.3 Å². The Bertz CT molecular complexity index is 637. The molecule has 0 atom stereocenters. The van der Waals surface area contributed by atoms with Crippen LogP contribution in [-0.2, 0) is 4.74 Å². The highest BCUT2D eigenvalue weighted by atomic mass is 35.5. The minimum Gasteiger partial charge on any atom is -0.495 e. The molecular weight excluding hydrogens is 308 g/mol. The van der Waals surface area contributed by atoms with Crippen molar-refractivity contribution in [3.63, 3.8) is 0 Å². The summed E-state index contributed by atoms with van der Waals surface area (Å²) in [4.78, 5) is 11.9. The molecule has 0 fully saturated rings. The lowest BCUT2D eigenvalue weighted by Gasteiger charge is -2.10. The van der Waals surface area contributed by atoms with Crippen LogP contribution in [0.4, 0.5) is 0 Å². The summed E-state index contributed by atoms with van der Waals surface area (Å²) in [6.07, 6.45) is 0. The molecule has 0 N–H and O–H groups in total. The fourth-order valence-electron chi connectivity index (χ4n) is 1.92. The Balaban J connectivity index is 2.33. The molecule has 0 aliphatic heterocycles. The second-order valence-electron chi connectivity index (χ2n) is 4.42. The fraction of sp³-hybridized carbons (Fsp3) is 0.312. The summed E-state index contributed by atoms with van der Waals surface area (Å²) in [5.74, 6) is 1.50. The van der Waals surface area contributed by atoms with E-state index in [1.807, 2.05) is 6.92 Å². The van der Waals surface area contributed by atoms with Crippen LogP contribution < -0.4 is 9.47 Å². The lowest BCUT2D eigenvalue weighted by atomic mass is 10.1. The van der Waals surface area contributed by atoms with Gasteiger partial charge < -0.3 is 18.6 Å². The highest BCUT2D eigenvalue weighted by Crippen LogP contribution is 2.39. The number of carbonyl (C=O) groups excluding carboxylic acids is 1. The Kier molecular flexibility index (Phi) is 5.46. The standard InChI is InChI=1S/C16H17ClO5/c1-4-21-9-11(18)13-6-5-12(22-13)10-7-14(19-2)16(17)15(8-10)20-3/h5-8H,4,9H2,1-3H3. The molecule has 1 heterocycles. The predicted octanol–water partition coefficient (Wildman–Crippen LogP) is 3.84. The van der Waals surface area contributed by atoms with E-state index in [4.69, 9.17) is 30.2 Å². The monoisotopic (exact) mass is 324 g/mol. The molecule has 0 aliphatic rings. The van der Waals surface area contributed by atoms with Crippen molar-refractivity contribution in [3.8, 4) is 22.8 Å². The fourth-order valence-corrected chi connectivity index (χ4v) is 2.18. The van der Waals surface area contributed by atoms with Crippen LogP contribution >= 0.6 is 11.6 Å².